The number of halogens is 2. The number of fused-ring (bicyclic) bond motifs is 2. The number of anilines is 2. The number of thioether (sulfide) groups is 1. The third kappa shape index (κ3) is 4.40. The summed E-state index contributed by atoms with van der Waals surface area (Å²) in [6.07, 6.45) is 0. The van der Waals surface area contributed by atoms with Crippen molar-refractivity contribution in [2.24, 2.45) is 5.92 Å². The van der Waals surface area contributed by atoms with Crippen molar-refractivity contribution in [3.05, 3.63) is 95.5 Å². The molecule has 1 saturated heterocycles. The molecule has 0 spiro atoms. The Balaban J connectivity index is 1.38. The molecule has 1 N–H and O–H groups in total. The van der Waals surface area contributed by atoms with E-state index < -0.39 is 17.1 Å². The number of nitrogens with zero attached hydrogens (tertiary/aromatic N) is 2. The molecule has 1 fully saturated rings. The molecule has 4 aromatic rings. The van der Waals surface area contributed by atoms with Crippen molar-refractivity contribution < 1.29 is 14.4 Å². The lowest BCUT2D eigenvalue weighted by atomic mass is 9.87. The van der Waals surface area contributed by atoms with Crippen LogP contribution in [0.15, 0.2) is 75.9 Å². The Labute approximate surface area is 239 Å². The number of carbonyl (C=O) groups excluding carboxylic acids is 3. The molecule has 7 nitrogen and oxygen atoms in total. The van der Waals surface area contributed by atoms with Gasteiger partial charge < -0.3 is 5.32 Å². The van der Waals surface area contributed by atoms with Gasteiger partial charge in [-0.25, -0.2) is 4.90 Å². The summed E-state index contributed by atoms with van der Waals surface area (Å²) in [4.78, 5) is 55.9. The minimum atomic E-state index is -0.739. The van der Waals surface area contributed by atoms with Crippen LogP contribution in [0.25, 0.3) is 0 Å². The SMILES string of the molecule is O=C(Cn1c2c(sc1=O)[C@@H](c1cccs1)C1C(=O)N(c3ccc(Cl)cc3)C(=O)C1S2)Nc1ccc(Cl)cc1. The zero-order valence-corrected chi connectivity index (χ0v) is 23.3. The number of benzene rings is 2. The molecule has 2 aromatic heterocycles. The van der Waals surface area contributed by atoms with Crippen molar-refractivity contribution in [3.63, 3.8) is 0 Å². The van der Waals surface area contributed by atoms with Crippen LogP contribution in [-0.4, -0.2) is 27.5 Å². The summed E-state index contributed by atoms with van der Waals surface area (Å²) in [5.74, 6) is -2.20. The molecular weight excluding hydrogens is 585 g/mol. The summed E-state index contributed by atoms with van der Waals surface area (Å²) in [5, 5.41) is 5.53. The number of carbonyl (C=O) groups is 3. The van der Waals surface area contributed by atoms with E-state index in [9.17, 15) is 19.2 Å². The molecule has 192 valence electrons. The molecular formula is C26H17Cl2N3O4S3. The van der Waals surface area contributed by atoms with Gasteiger partial charge in [-0.1, -0.05) is 52.4 Å². The number of imide groups is 1. The Morgan fingerprint density at radius 1 is 0.921 bits per heavy atom. The van der Waals surface area contributed by atoms with Crippen LogP contribution >= 0.6 is 57.6 Å². The molecule has 2 aliphatic heterocycles. The van der Waals surface area contributed by atoms with E-state index in [2.05, 4.69) is 5.32 Å². The molecule has 2 unspecified atom stereocenters. The highest BCUT2D eigenvalue weighted by Gasteiger charge is 2.57. The van der Waals surface area contributed by atoms with E-state index in [4.69, 9.17) is 23.2 Å². The van der Waals surface area contributed by atoms with Gasteiger partial charge in [0, 0.05) is 31.4 Å². The number of hydrogen-bond acceptors (Lipinski definition) is 7. The predicted octanol–water partition coefficient (Wildman–Crippen LogP) is 5.71. The Morgan fingerprint density at radius 3 is 2.26 bits per heavy atom. The third-order valence-corrected chi connectivity index (χ3v) is 10.5. The minimum Gasteiger partial charge on any atom is -0.325 e. The maximum atomic E-state index is 13.8. The van der Waals surface area contributed by atoms with Gasteiger partial charge >= 0.3 is 4.87 Å². The van der Waals surface area contributed by atoms with Crippen LogP contribution < -0.4 is 15.1 Å². The van der Waals surface area contributed by atoms with Crippen LogP contribution in [0, 0.1) is 5.92 Å². The van der Waals surface area contributed by atoms with Crippen LogP contribution in [-0.2, 0) is 20.9 Å². The van der Waals surface area contributed by atoms with Crippen LogP contribution in [0.1, 0.15) is 15.7 Å². The Morgan fingerprint density at radius 2 is 1.61 bits per heavy atom. The Kier molecular flexibility index (Phi) is 6.69. The maximum absolute atomic E-state index is 13.8. The summed E-state index contributed by atoms with van der Waals surface area (Å²) >= 11 is 15.6. The zero-order chi connectivity index (χ0) is 26.6. The van der Waals surface area contributed by atoms with Gasteiger partial charge in [-0.15, -0.1) is 11.3 Å². The Bertz CT molecular complexity index is 1610. The van der Waals surface area contributed by atoms with Gasteiger partial charge in [0.15, 0.2) is 0 Å². The van der Waals surface area contributed by atoms with Gasteiger partial charge in [0.2, 0.25) is 17.7 Å². The summed E-state index contributed by atoms with van der Waals surface area (Å²) in [6, 6.07) is 17.0. The normalized spacial score (nSPS) is 20.4. The lowest BCUT2D eigenvalue weighted by molar-refractivity contribution is -0.122. The van der Waals surface area contributed by atoms with E-state index in [0.29, 0.717) is 31.3 Å². The maximum Gasteiger partial charge on any atom is 0.308 e. The first kappa shape index (κ1) is 25.4. The van der Waals surface area contributed by atoms with E-state index in [1.165, 1.54) is 32.6 Å². The fourth-order valence-corrected chi connectivity index (χ4v) is 8.73. The number of hydrogen-bond donors (Lipinski definition) is 1. The lowest BCUT2D eigenvalue weighted by Crippen LogP contribution is -2.32. The van der Waals surface area contributed by atoms with Crippen LogP contribution in [0.5, 0.6) is 0 Å². The van der Waals surface area contributed by atoms with E-state index in [1.54, 1.807) is 48.5 Å². The largest absolute Gasteiger partial charge is 0.325 e. The predicted molar refractivity (Wildman–Crippen MR) is 152 cm³/mol. The smallest absolute Gasteiger partial charge is 0.308 e. The number of thiazole rings is 1. The van der Waals surface area contributed by atoms with Gasteiger partial charge in [0.25, 0.3) is 0 Å². The van der Waals surface area contributed by atoms with Gasteiger partial charge in [-0.3, -0.25) is 23.7 Å². The number of aromatic nitrogens is 1. The first-order chi connectivity index (χ1) is 18.3. The number of amides is 3. The van der Waals surface area contributed by atoms with Crippen molar-refractivity contribution in [1.82, 2.24) is 4.57 Å². The first-order valence-electron chi connectivity index (χ1n) is 11.4. The molecule has 4 heterocycles. The molecule has 0 saturated carbocycles. The van der Waals surface area contributed by atoms with Crippen molar-refractivity contribution in [1.29, 1.82) is 0 Å². The lowest BCUT2D eigenvalue weighted by Gasteiger charge is -2.29. The second-order valence-electron chi connectivity index (χ2n) is 8.72. The highest BCUT2D eigenvalue weighted by molar-refractivity contribution is 8.00. The second kappa shape index (κ2) is 10.0. The molecule has 2 aromatic carbocycles. The average Bonchev–Trinajstić information content (AvgIpc) is 3.59. The molecule has 3 atom stereocenters. The molecule has 0 bridgehead atoms. The van der Waals surface area contributed by atoms with Crippen LogP contribution in [0.4, 0.5) is 11.4 Å². The standard InChI is InChI=1S/C26H17Cl2N3O4S3/c27-13-3-7-15(8-4-13)29-18(32)12-30-25-22(38-26(30)35)19(17-2-1-11-36-17)20-21(37-25)24(34)31(23(20)33)16-9-5-14(28)6-10-16/h1-11,19-21H,12H2,(H,29,32)/t19-,20?,21?/m0/s1. The number of thiophene rings is 1. The monoisotopic (exact) mass is 601 g/mol. The highest BCUT2D eigenvalue weighted by Crippen LogP contribution is 2.54. The summed E-state index contributed by atoms with van der Waals surface area (Å²) < 4.78 is 1.40. The topological polar surface area (TPSA) is 88.5 Å². The molecule has 3 amide bonds. The van der Waals surface area contributed by atoms with Gasteiger partial charge in [0.1, 0.15) is 11.8 Å². The fraction of sp³-hybridized carbons (Fsp3) is 0.154. The number of rotatable bonds is 5. The molecule has 2 aliphatic rings. The summed E-state index contributed by atoms with van der Waals surface area (Å²) in [7, 11) is 0. The molecule has 0 aliphatic carbocycles. The first-order valence-corrected chi connectivity index (χ1v) is 14.8. The summed E-state index contributed by atoms with van der Waals surface area (Å²) in [6.45, 7) is -0.224. The van der Waals surface area contributed by atoms with Gasteiger partial charge in [0.05, 0.1) is 16.6 Å². The third-order valence-electron chi connectivity index (χ3n) is 6.41. The highest BCUT2D eigenvalue weighted by atomic mass is 35.5. The minimum absolute atomic E-state index is 0.224. The quantitative estimate of drug-likeness (QED) is 0.296. The molecule has 12 heteroatoms. The van der Waals surface area contributed by atoms with E-state index in [0.717, 1.165) is 16.2 Å². The van der Waals surface area contributed by atoms with Crippen molar-refractivity contribution in [2.75, 3.05) is 10.2 Å². The van der Waals surface area contributed by atoms with Crippen LogP contribution in [0.2, 0.25) is 10.0 Å². The molecule has 0 radical (unpaired) electrons. The molecule has 6 rings (SSSR count). The summed E-state index contributed by atoms with van der Waals surface area (Å²) in [5.41, 5.74) is 1.00. The van der Waals surface area contributed by atoms with Gasteiger partial charge in [-0.05, 0) is 60.0 Å². The Hall–Kier alpha value is -2.89. The van der Waals surface area contributed by atoms with E-state index in [-0.39, 0.29) is 29.1 Å². The molecule has 38 heavy (non-hydrogen) atoms. The van der Waals surface area contributed by atoms with Crippen molar-refractivity contribution in [2.45, 2.75) is 22.7 Å². The second-order valence-corrected chi connectivity index (χ2v) is 12.7. The van der Waals surface area contributed by atoms with Crippen molar-refractivity contribution in [3.8, 4) is 0 Å². The van der Waals surface area contributed by atoms with Crippen LogP contribution in [0.3, 0.4) is 0 Å². The van der Waals surface area contributed by atoms with E-state index in [1.807, 2.05) is 17.5 Å². The van der Waals surface area contributed by atoms with Crippen molar-refractivity contribution >= 4 is 86.7 Å². The fourth-order valence-electron chi connectivity index (χ4n) is 4.75. The van der Waals surface area contributed by atoms with Gasteiger partial charge in [-0.2, -0.15) is 0 Å². The average molecular weight is 603 g/mol. The van der Waals surface area contributed by atoms with E-state index >= 15 is 0 Å². The zero-order valence-electron chi connectivity index (χ0n) is 19.3. The number of nitrogens with one attached hydrogen (secondary N) is 1.